The Balaban J connectivity index is 2.11. The summed E-state index contributed by atoms with van der Waals surface area (Å²) in [5.41, 5.74) is 9.43. The van der Waals surface area contributed by atoms with Gasteiger partial charge in [0.15, 0.2) is 0 Å². The first-order valence-electron chi connectivity index (χ1n) is 6.34. The van der Waals surface area contributed by atoms with Crippen LogP contribution in [-0.2, 0) is 10.8 Å². The summed E-state index contributed by atoms with van der Waals surface area (Å²) in [4.78, 5) is 0.880. The second kappa shape index (κ2) is 6.13. The van der Waals surface area contributed by atoms with Crippen LogP contribution in [0.5, 0.6) is 0 Å². The first-order chi connectivity index (χ1) is 9.08. The molecule has 0 heterocycles. The summed E-state index contributed by atoms with van der Waals surface area (Å²) in [6.45, 7) is 4.02. The van der Waals surface area contributed by atoms with Crippen LogP contribution < -0.4 is 5.73 Å². The Hall–Kier alpha value is -1.45. The van der Waals surface area contributed by atoms with E-state index in [0.717, 1.165) is 16.0 Å². The minimum atomic E-state index is -1.06. The van der Waals surface area contributed by atoms with Gasteiger partial charge < -0.3 is 5.73 Å². The average Bonchev–Trinajstić information content (AvgIpc) is 2.39. The van der Waals surface area contributed by atoms with Crippen molar-refractivity contribution in [1.82, 2.24) is 0 Å². The summed E-state index contributed by atoms with van der Waals surface area (Å²) in [6, 6.07) is 15.6. The molecule has 2 nitrogen and oxygen atoms in total. The number of hydrogen-bond donors (Lipinski definition) is 1. The van der Waals surface area contributed by atoms with E-state index in [2.05, 4.69) is 0 Å². The minimum Gasteiger partial charge on any atom is -0.323 e. The Kier molecular flexibility index (Phi) is 4.51. The SMILES string of the molecule is Cc1ccc(C(N)CS(=O)c2ccccc2C)cc1. The fraction of sp³-hybridized carbons (Fsp3) is 0.250. The molecule has 2 aromatic carbocycles. The number of benzene rings is 2. The molecule has 0 radical (unpaired) electrons. The maximum Gasteiger partial charge on any atom is 0.0551 e. The molecule has 0 aliphatic carbocycles. The fourth-order valence-electron chi connectivity index (χ4n) is 1.97. The van der Waals surface area contributed by atoms with E-state index in [1.54, 1.807) is 0 Å². The molecule has 2 N–H and O–H groups in total. The number of hydrogen-bond acceptors (Lipinski definition) is 2. The third-order valence-electron chi connectivity index (χ3n) is 3.18. The molecule has 0 aromatic heterocycles. The molecule has 2 aromatic rings. The molecule has 2 unspecified atom stereocenters. The molecule has 0 aliphatic rings. The van der Waals surface area contributed by atoms with E-state index in [9.17, 15) is 4.21 Å². The quantitative estimate of drug-likeness (QED) is 0.930. The van der Waals surface area contributed by atoms with Gasteiger partial charge in [0.25, 0.3) is 0 Å². The standard InChI is InChI=1S/C16H19NOS/c1-12-7-9-14(10-8-12)15(17)11-19(18)16-6-4-3-5-13(16)2/h3-10,15H,11,17H2,1-2H3. The van der Waals surface area contributed by atoms with Gasteiger partial charge in [0, 0.05) is 16.7 Å². The van der Waals surface area contributed by atoms with E-state index in [4.69, 9.17) is 5.73 Å². The second-order valence-electron chi connectivity index (χ2n) is 4.79. The third-order valence-corrected chi connectivity index (χ3v) is 4.79. The number of nitrogens with two attached hydrogens (primary N) is 1. The lowest BCUT2D eigenvalue weighted by molar-refractivity contribution is 0.675. The van der Waals surface area contributed by atoms with Gasteiger partial charge in [0.1, 0.15) is 0 Å². The van der Waals surface area contributed by atoms with E-state index >= 15 is 0 Å². The lowest BCUT2D eigenvalue weighted by Gasteiger charge is -2.13. The number of rotatable bonds is 4. The van der Waals surface area contributed by atoms with Crippen molar-refractivity contribution in [1.29, 1.82) is 0 Å². The van der Waals surface area contributed by atoms with Crippen molar-refractivity contribution in [2.24, 2.45) is 5.73 Å². The molecule has 2 atom stereocenters. The lowest BCUT2D eigenvalue weighted by atomic mass is 10.1. The van der Waals surface area contributed by atoms with Gasteiger partial charge >= 0.3 is 0 Å². The van der Waals surface area contributed by atoms with Crippen molar-refractivity contribution in [3.05, 3.63) is 65.2 Å². The van der Waals surface area contributed by atoms with Gasteiger partial charge in [-0.05, 0) is 31.0 Å². The van der Waals surface area contributed by atoms with Crippen LogP contribution in [0.1, 0.15) is 22.7 Å². The predicted octanol–water partition coefficient (Wildman–Crippen LogP) is 3.11. The molecule has 0 bridgehead atoms. The lowest BCUT2D eigenvalue weighted by Crippen LogP contribution is -2.18. The zero-order chi connectivity index (χ0) is 13.8. The molecule has 0 aliphatic heterocycles. The van der Waals surface area contributed by atoms with E-state index < -0.39 is 10.8 Å². The van der Waals surface area contributed by atoms with E-state index in [0.29, 0.717) is 5.75 Å². The van der Waals surface area contributed by atoms with Crippen LogP contribution in [0.25, 0.3) is 0 Å². The third kappa shape index (κ3) is 3.52. The first-order valence-corrected chi connectivity index (χ1v) is 7.66. The van der Waals surface area contributed by atoms with Crippen molar-refractivity contribution in [3.63, 3.8) is 0 Å². The molecule has 100 valence electrons. The largest absolute Gasteiger partial charge is 0.323 e. The topological polar surface area (TPSA) is 43.1 Å². The maximum absolute atomic E-state index is 12.3. The molecule has 19 heavy (non-hydrogen) atoms. The molecular formula is C16H19NOS. The first kappa shape index (κ1) is 14.0. The predicted molar refractivity (Wildman–Crippen MR) is 80.6 cm³/mol. The van der Waals surface area contributed by atoms with Gasteiger partial charge in [-0.2, -0.15) is 0 Å². The normalized spacial score (nSPS) is 14.1. The summed E-state index contributed by atoms with van der Waals surface area (Å²) in [6.07, 6.45) is 0. The van der Waals surface area contributed by atoms with E-state index in [1.165, 1.54) is 5.56 Å². The molecule has 0 saturated heterocycles. The molecule has 2 rings (SSSR count). The maximum atomic E-state index is 12.3. The fourth-order valence-corrected chi connectivity index (χ4v) is 3.33. The monoisotopic (exact) mass is 273 g/mol. The summed E-state index contributed by atoms with van der Waals surface area (Å²) in [5, 5.41) is 0. The van der Waals surface area contributed by atoms with Crippen LogP contribution in [-0.4, -0.2) is 9.96 Å². The van der Waals surface area contributed by atoms with Crippen LogP contribution in [0.4, 0.5) is 0 Å². The summed E-state index contributed by atoms with van der Waals surface area (Å²) < 4.78 is 12.3. The molecule has 3 heteroatoms. The van der Waals surface area contributed by atoms with Crippen molar-refractivity contribution >= 4 is 10.8 Å². The molecule has 0 spiro atoms. The van der Waals surface area contributed by atoms with Crippen LogP contribution >= 0.6 is 0 Å². The van der Waals surface area contributed by atoms with Crippen LogP contribution in [0.3, 0.4) is 0 Å². The zero-order valence-corrected chi connectivity index (χ0v) is 12.1. The van der Waals surface area contributed by atoms with Crippen molar-refractivity contribution < 1.29 is 4.21 Å². The van der Waals surface area contributed by atoms with Gasteiger partial charge in [0.05, 0.1) is 10.8 Å². The van der Waals surface area contributed by atoms with Crippen LogP contribution in [0.2, 0.25) is 0 Å². The highest BCUT2D eigenvalue weighted by Crippen LogP contribution is 2.18. The summed E-state index contributed by atoms with van der Waals surface area (Å²) in [7, 11) is -1.06. The van der Waals surface area contributed by atoms with Crippen molar-refractivity contribution in [2.75, 3.05) is 5.75 Å². The van der Waals surface area contributed by atoms with Gasteiger partial charge in [-0.15, -0.1) is 0 Å². The highest BCUT2D eigenvalue weighted by molar-refractivity contribution is 7.85. The zero-order valence-electron chi connectivity index (χ0n) is 11.3. The average molecular weight is 273 g/mol. The van der Waals surface area contributed by atoms with E-state index in [1.807, 2.05) is 62.4 Å². The second-order valence-corrected chi connectivity index (χ2v) is 6.26. The Bertz CT molecular complexity index is 578. The highest BCUT2D eigenvalue weighted by Gasteiger charge is 2.13. The Morgan fingerprint density at radius 2 is 1.68 bits per heavy atom. The Labute approximate surface area is 117 Å². The van der Waals surface area contributed by atoms with Gasteiger partial charge in [-0.3, -0.25) is 4.21 Å². The molecule has 0 saturated carbocycles. The van der Waals surface area contributed by atoms with Gasteiger partial charge in [-0.25, -0.2) is 0 Å². The van der Waals surface area contributed by atoms with Gasteiger partial charge in [0.2, 0.25) is 0 Å². The van der Waals surface area contributed by atoms with Crippen molar-refractivity contribution in [2.45, 2.75) is 24.8 Å². The summed E-state index contributed by atoms with van der Waals surface area (Å²) in [5.74, 6) is 0.452. The Morgan fingerprint density at radius 3 is 2.32 bits per heavy atom. The highest BCUT2D eigenvalue weighted by atomic mass is 32.2. The van der Waals surface area contributed by atoms with Crippen LogP contribution in [0, 0.1) is 13.8 Å². The van der Waals surface area contributed by atoms with Gasteiger partial charge in [-0.1, -0.05) is 48.0 Å². The minimum absolute atomic E-state index is 0.193. The van der Waals surface area contributed by atoms with Crippen molar-refractivity contribution in [3.8, 4) is 0 Å². The molecule has 0 amide bonds. The van der Waals surface area contributed by atoms with E-state index in [-0.39, 0.29) is 6.04 Å². The van der Waals surface area contributed by atoms with Crippen LogP contribution in [0.15, 0.2) is 53.4 Å². The summed E-state index contributed by atoms with van der Waals surface area (Å²) >= 11 is 0. The molecular weight excluding hydrogens is 254 g/mol. The number of aryl methyl sites for hydroxylation is 2. The smallest absolute Gasteiger partial charge is 0.0551 e. The molecule has 0 fully saturated rings. The Morgan fingerprint density at radius 1 is 1.05 bits per heavy atom.